The molecule has 0 fully saturated rings. The number of nitrogens with one attached hydrogen (secondary N) is 1. The van der Waals surface area contributed by atoms with E-state index in [0.717, 1.165) is 5.56 Å². The van der Waals surface area contributed by atoms with Crippen LogP contribution in [0.5, 0.6) is 5.75 Å². The number of rotatable bonds is 4. The highest BCUT2D eigenvalue weighted by molar-refractivity contribution is 6.04. The number of anilines is 2. The summed E-state index contributed by atoms with van der Waals surface area (Å²) >= 11 is 0. The first-order valence-electron chi connectivity index (χ1n) is 6.18. The van der Waals surface area contributed by atoms with Crippen LogP contribution in [-0.2, 0) is 0 Å². The molecule has 0 saturated carbocycles. The SMILES string of the molecule is Cc1cc(NC(=O)c2cccc(OC(F)F)c2)ccc1N. The van der Waals surface area contributed by atoms with Crippen LogP contribution in [0.25, 0.3) is 0 Å². The van der Waals surface area contributed by atoms with Crippen LogP contribution >= 0.6 is 0 Å². The Hall–Kier alpha value is -2.63. The van der Waals surface area contributed by atoms with Gasteiger partial charge in [-0.2, -0.15) is 8.78 Å². The number of benzene rings is 2. The minimum absolute atomic E-state index is 0.0638. The zero-order valence-corrected chi connectivity index (χ0v) is 11.3. The molecule has 110 valence electrons. The van der Waals surface area contributed by atoms with Crippen LogP contribution < -0.4 is 15.8 Å². The van der Waals surface area contributed by atoms with E-state index >= 15 is 0 Å². The first-order valence-corrected chi connectivity index (χ1v) is 6.18. The van der Waals surface area contributed by atoms with Crippen molar-refractivity contribution in [1.82, 2.24) is 0 Å². The van der Waals surface area contributed by atoms with E-state index in [1.165, 1.54) is 24.3 Å². The Balaban J connectivity index is 2.14. The van der Waals surface area contributed by atoms with Crippen LogP contribution in [0, 0.1) is 6.92 Å². The molecule has 0 bridgehead atoms. The molecule has 0 aromatic heterocycles. The van der Waals surface area contributed by atoms with Crippen molar-refractivity contribution >= 4 is 17.3 Å². The highest BCUT2D eigenvalue weighted by Crippen LogP contribution is 2.19. The molecule has 0 radical (unpaired) electrons. The van der Waals surface area contributed by atoms with Crippen molar-refractivity contribution in [3.63, 3.8) is 0 Å². The van der Waals surface area contributed by atoms with Crippen LogP contribution in [0.15, 0.2) is 42.5 Å². The van der Waals surface area contributed by atoms with Crippen LogP contribution in [0.1, 0.15) is 15.9 Å². The maximum absolute atomic E-state index is 12.1. The van der Waals surface area contributed by atoms with Gasteiger partial charge in [-0.3, -0.25) is 4.79 Å². The van der Waals surface area contributed by atoms with Crippen molar-refractivity contribution < 1.29 is 18.3 Å². The number of ether oxygens (including phenoxy) is 1. The molecule has 0 spiro atoms. The minimum atomic E-state index is -2.93. The quantitative estimate of drug-likeness (QED) is 0.848. The van der Waals surface area contributed by atoms with Crippen molar-refractivity contribution in [3.8, 4) is 5.75 Å². The number of amides is 1. The fourth-order valence-electron chi connectivity index (χ4n) is 1.77. The molecule has 2 aromatic rings. The average Bonchev–Trinajstić information content (AvgIpc) is 2.42. The van der Waals surface area contributed by atoms with Gasteiger partial charge in [0, 0.05) is 16.9 Å². The van der Waals surface area contributed by atoms with Crippen molar-refractivity contribution in [1.29, 1.82) is 0 Å². The van der Waals surface area contributed by atoms with Gasteiger partial charge in [0.05, 0.1) is 0 Å². The van der Waals surface area contributed by atoms with Gasteiger partial charge in [0.25, 0.3) is 5.91 Å². The van der Waals surface area contributed by atoms with Gasteiger partial charge in [0.2, 0.25) is 0 Å². The van der Waals surface area contributed by atoms with Crippen LogP contribution in [0.4, 0.5) is 20.2 Å². The lowest BCUT2D eigenvalue weighted by molar-refractivity contribution is -0.0498. The summed E-state index contributed by atoms with van der Waals surface area (Å²) in [4.78, 5) is 12.1. The number of carbonyl (C=O) groups excluding carboxylic acids is 1. The third-order valence-electron chi connectivity index (χ3n) is 2.85. The minimum Gasteiger partial charge on any atom is -0.435 e. The van der Waals surface area contributed by atoms with E-state index in [1.54, 1.807) is 18.2 Å². The van der Waals surface area contributed by atoms with E-state index < -0.39 is 12.5 Å². The Kier molecular flexibility index (Phi) is 4.37. The maximum Gasteiger partial charge on any atom is 0.387 e. The molecular formula is C15H14F2N2O2. The van der Waals surface area contributed by atoms with Crippen LogP contribution in [0.2, 0.25) is 0 Å². The molecule has 21 heavy (non-hydrogen) atoms. The predicted molar refractivity (Wildman–Crippen MR) is 76.6 cm³/mol. The normalized spacial score (nSPS) is 10.5. The van der Waals surface area contributed by atoms with E-state index in [1.807, 2.05) is 6.92 Å². The van der Waals surface area contributed by atoms with Crippen molar-refractivity contribution in [2.24, 2.45) is 0 Å². The molecule has 0 unspecified atom stereocenters. The summed E-state index contributed by atoms with van der Waals surface area (Å²) in [6, 6.07) is 10.7. The van der Waals surface area contributed by atoms with Gasteiger partial charge in [-0.25, -0.2) is 0 Å². The number of hydrogen-bond acceptors (Lipinski definition) is 3. The molecule has 0 aliphatic carbocycles. The zero-order valence-electron chi connectivity index (χ0n) is 11.3. The van der Waals surface area contributed by atoms with Gasteiger partial charge in [-0.15, -0.1) is 0 Å². The molecule has 0 atom stereocenters. The Labute approximate surface area is 120 Å². The van der Waals surface area contributed by atoms with Gasteiger partial charge in [-0.1, -0.05) is 6.07 Å². The predicted octanol–water partition coefficient (Wildman–Crippen LogP) is 3.43. The summed E-state index contributed by atoms with van der Waals surface area (Å²) in [5.74, 6) is -0.481. The summed E-state index contributed by atoms with van der Waals surface area (Å²) in [6.07, 6.45) is 0. The van der Waals surface area contributed by atoms with Gasteiger partial charge >= 0.3 is 6.61 Å². The van der Waals surface area contributed by atoms with Gasteiger partial charge in [0.15, 0.2) is 0 Å². The lowest BCUT2D eigenvalue weighted by Crippen LogP contribution is -2.12. The molecule has 0 heterocycles. The Morgan fingerprint density at radius 3 is 2.67 bits per heavy atom. The largest absolute Gasteiger partial charge is 0.435 e. The van der Waals surface area contributed by atoms with Crippen molar-refractivity contribution in [2.75, 3.05) is 11.1 Å². The molecule has 0 saturated heterocycles. The Morgan fingerprint density at radius 1 is 1.24 bits per heavy atom. The number of nitrogen functional groups attached to an aromatic ring is 1. The standard InChI is InChI=1S/C15H14F2N2O2/c1-9-7-11(5-6-13(9)18)19-14(20)10-3-2-4-12(8-10)21-15(16)17/h2-8,15H,18H2,1H3,(H,19,20). The summed E-state index contributed by atoms with van der Waals surface area (Å²) in [6.45, 7) is -1.11. The molecule has 0 aliphatic rings. The highest BCUT2D eigenvalue weighted by Gasteiger charge is 2.10. The lowest BCUT2D eigenvalue weighted by Gasteiger charge is -2.09. The monoisotopic (exact) mass is 292 g/mol. The third kappa shape index (κ3) is 3.92. The molecule has 1 amide bonds. The number of carbonyl (C=O) groups is 1. The topological polar surface area (TPSA) is 64.3 Å². The average molecular weight is 292 g/mol. The molecule has 6 heteroatoms. The summed E-state index contributed by atoms with van der Waals surface area (Å²) in [5.41, 5.74) is 7.96. The number of alkyl halides is 2. The second-order valence-electron chi connectivity index (χ2n) is 4.43. The number of hydrogen-bond donors (Lipinski definition) is 2. The lowest BCUT2D eigenvalue weighted by atomic mass is 10.1. The molecule has 0 aliphatic heterocycles. The van der Waals surface area contributed by atoms with E-state index in [-0.39, 0.29) is 11.3 Å². The first-order chi connectivity index (χ1) is 9.95. The zero-order chi connectivity index (χ0) is 15.4. The number of nitrogens with two attached hydrogens (primary N) is 1. The second-order valence-corrected chi connectivity index (χ2v) is 4.43. The van der Waals surface area contributed by atoms with E-state index in [0.29, 0.717) is 11.4 Å². The summed E-state index contributed by atoms with van der Waals surface area (Å²) in [5, 5.41) is 2.67. The fraction of sp³-hybridized carbons (Fsp3) is 0.133. The maximum atomic E-state index is 12.1. The molecule has 2 rings (SSSR count). The van der Waals surface area contributed by atoms with Gasteiger partial charge in [-0.05, 0) is 48.9 Å². The number of aryl methyl sites for hydroxylation is 1. The molecule has 4 nitrogen and oxygen atoms in total. The molecular weight excluding hydrogens is 278 g/mol. The fourth-order valence-corrected chi connectivity index (χ4v) is 1.77. The third-order valence-corrected chi connectivity index (χ3v) is 2.85. The summed E-state index contributed by atoms with van der Waals surface area (Å²) < 4.78 is 28.6. The smallest absolute Gasteiger partial charge is 0.387 e. The van der Waals surface area contributed by atoms with Crippen molar-refractivity contribution in [3.05, 3.63) is 53.6 Å². The van der Waals surface area contributed by atoms with E-state index in [4.69, 9.17) is 5.73 Å². The molecule has 2 aromatic carbocycles. The van der Waals surface area contributed by atoms with Crippen LogP contribution in [-0.4, -0.2) is 12.5 Å². The first kappa shape index (κ1) is 14.8. The highest BCUT2D eigenvalue weighted by atomic mass is 19.3. The Bertz CT molecular complexity index is 660. The van der Waals surface area contributed by atoms with Gasteiger partial charge in [0.1, 0.15) is 5.75 Å². The van der Waals surface area contributed by atoms with Crippen LogP contribution in [0.3, 0.4) is 0 Å². The number of halogens is 2. The summed E-state index contributed by atoms with van der Waals surface area (Å²) in [7, 11) is 0. The second kappa shape index (κ2) is 6.21. The molecule has 3 N–H and O–H groups in total. The van der Waals surface area contributed by atoms with Gasteiger partial charge < -0.3 is 15.8 Å². The van der Waals surface area contributed by atoms with E-state index in [9.17, 15) is 13.6 Å². The van der Waals surface area contributed by atoms with Crippen molar-refractivity contribution in [2.45, 2.75) is 13.5 Å². The van der Waals surface area contributed by atoms with E-state index in [2.05, 4.69) is 10.1 Å². The Morgan fingerprint density at radius 2 is 2.00 bits per heavy atom.